The fraction of sp³-hybridized carbons (Fsp3) is 0. The maximum Gasteiger partial charge on any atom is 0.181 e. The topological polar surface area (TPSA) is 35.9 Å². The molecule has 8 rings (SSSR count). The normalized spacial score (nSPS) is 12.0. The summed E-state index contributed by atoms with van der Waals surface area (Å²) in [6.45, 7) is 0. The molecule has 5 aromatic carbocycles. The zero-order valence-corrected chi connectivity index (χ0v) is 18.7. The minimum absolute atomic E-state index is 0.793. The molecule has 3 heterocycles. The average molecular weight is 450 g/mol. The summed E-state index contributed by atoms with van der Waals surface area (Å²) in [7, 11) is 0. The molecule has 4 heteroatoms. The Bertz CT molecular complexity index is 2060. The predicted molar refractivity (Wildman–Crippen MR) is 143 cm³/mol. The molecule has 0 amide bonds. The number of nitrogens with zero attached hydrogens (tertiary/aromatic N) is 3. The number of para-hydroxylation sites is 3. The van der Waals surface area contributed by atoms with Crippen LogP contribution < -0.4 is 0 Å². The summed E-state index contributed by atoms with van der Waals surface area (Å²) in [5, 5.41) is 4.99. The van der Waals surface area contributed by atoms with Crippen LogP contribution in [0.2, 0.25) is 0 Å². The predicted octanol–water partition coefficient (Wildman–Crippen LogP) is 8.02. The van der Waals surface area contributed by atoms with Gasteiger partial charge in [0.25, 0.3) is 0 Å². The van der Waals surface area contributed by atoms with E-state index in [-0.39, 0.29) is 0 Å². The maximum absolute atomic E-state index is 5.50. The van der Waals surface area contributed by atoms with Crippen LogP contribution in [0.1, 0.15) is 0 Å². The summed E-state index contributed by atoms with van der Waals surface area (Å²) >= 11 is 0. The van der Waals surface area contributed by atoms with Gasteiger partial charge in [-0.05, 0) is 54.6 Å². The third-order valence-electron chi connectivity index (χ3n) is 7.05. The molecule has 35 heavy (non-hydrogen) atoms. The Morgan fingerprint density at radius 3 is 1.83 bits per heavy atom. The molecule has 3 aromatic heterocycles. The van der Waals surface area contributed by atoms with E-state index in [1.165, 1.54) is 50.0 Å². The Hall–Kier alpha value is -4.83. The maximum atomic E-state index is 5.50. The minimum atomic E-state index is 0.793. The van der Waals surface area contributed by atoms with Gasteiger partial charge in [0.1, 0.15) is 5.52 Å². The molecule has 0 aliphatic heterocycles. The largest absolute Gasteiger partial charge is 0.443 e. The van der Waals surface area contributed by atoms with Crippen LogP contribution >= 0.6 is 0 Å². The number of aromatic nitrogens is 3. The summed E-state index contributed by atoms with van der Waals surface area (Å²) < 4.78 is 10.2. The highest BCUT2D eigenvalue weighted by atomic mass is 16.3. The molecule has 0 aliphatic carbocycles. The summed E-state index contributed by atoms with van der Waals surface area (Å²) in [6.07, 6.45) is 1.50. The Kier molecular flexibility index (Phi) is 3.63. The van der Waals surface area contributed by atoms with E-state index >= 15 is 0 Å². The van der Waals surface area contributed by atoms with Gasteiger partial charge >= 0.3 is 0 Å². The molecule has 0 fully saturated rings. The van der Waals surface area contributed by atoms with Crippen LogP contribution in [-0.4, -0.2) is 14.1 Å². The van der Waals surface area contributed by atoms with Crippen molar-refractivity contribution in [1.29, 1.82) is 0 Å². The SMILES string of the molecule is c1ccc(-n2c3ccccc3c3cc4c5ccccc5n(-c5ccc6ocnc6c5)c4cc32)cc1. The molecule has 0 radical (unpaired) electrons. The third kappa shape index (κ3) is 2.53. The molecule has 0 bridgehead atoms. The van der Waals surface area contributed by atoms with Crippen molar-refractivity contribution in [3.63, 3.8) is 0 Å². The number of hydrogen-bond acceptors (Lipinski definition) is 2. The van der Waals surface area contributed by atoms with Crippen molar-refractivity contribution in [3.05, 3.63) is 116 Å². The highest BCUT2D eigenvalue weighted by Crippen LogP contribution is 2.39. The third-order valence-corrected chi connectivity index (χ3v) is 7.05. The number of benzene rings is 5. The van der Waals surface area contributed by atoms with E-state index in [1.807, 2.05) is 6.07 Å². The van der Waals surface area contributed by atoms with Crippen LogP contribution in [0.4, 0.5) is 0 Å². The van der Waals surface area contributed by atoms with Gasteiger partial charge in [-0.15, -0.1) is 0 Å². The number of fused-ring (bicyclic) bond motifs is 7. The quantitative estimate of drug-likeness (QED) is 0.268. The molecule has 0 aliphatic rings. The highest BCUT2D eigenvalue weighted by molar-refractivity contribution is 6.19. The summed E-state index contributed by atoms with van der Waals surface area (Å²) in [6, 6.07) is 38.8. The first kappa shape index (κ1) is 18.6. The number of rotatable bonds is 2. The first-order chi connectivity index (χ1) is 17.4. The van der Waals surface area contributed by atoms with E-state index in [2.05, 4.69) is 117 Å². The lowest BCUT2D eigenvalue weighted by molar-refractivity contribution is 0.602. The van der Waals surface area contributed by atoms with Crippen LogP contribution in [0.3, 0.4) is 0 Å². The lowest BCUT2D eigenvalue weighted by Gasteiger charge is -2.10. The Morgan fingerprint density at radius 1 is 0.486 bits per heavy atom. The molecule has 0 atom stereocenters. The molecular formula is C31H19N3O. The van der Waals surface area contributed by atoms with Crippen molar-refractivity contribution in [2.24, 2.45) is 0 Å². The van der Waals surface area contributed by atoms with E-state index in [0.29, 0.717) is 0 Å². The van der Waals surface area contributed by atoms with Crippen LogP contribution in [0.15, 0.2) is 120 Å². The van der Waals surface area contributed by atoms with Gasteiger partial charge in [-0.3, -0.25) is 0 Å². The second-order valence-corrected chi connectivity index (χ2v) is 8.93. The monoisotopic (exact) mass is 449 g/mol. The smallest absolute Gasteiger partial charge is 0.181 e. The number of oxazole rings is 1. The van der Waals surface area contributed by atoms with E-state index < -0.39 is 0 Å². The first-order valence-corrected chi connectivity index (χ1v) is 11.7. The van der Waals surface area contributed by atoms with Crippen molar-refractivity contribution in [3.8, 4) is 11.4 Å². The second kappa shape index (κ2) is 6.84. The van der Waals surface area contributed by atoms with E-state index in [9.17, 15) is 0 Å². The van der Waals surface area contributed by atoms with E-state index in [0.717, 1.165) is 22.5 Å². The minimum Gasteiger partial charge on any atom is -0.443 e. The fourth-order valence-corrected chi connectivity index (χ4v) is 5.55. The first-order valence-electron chi connectivity index (χ1n) is 11.7. The van der Waals surface area contributed by atoms with Crippen LogP contribution in [0, 0.1) is 0 Å². The van der Waals surface area contributed by atoms with Gasteiger partial charge in [0.15, 0.2) is 12.0 Å². The van der Waals surface area contributed by atoms with Gasteiger partial charge in [-0.2, -0.15) is 0 Å². The molecule has 164 valence electrons. The molecule has 4 nitrogen and oxygen atoms in total. The van der Waals surface area contributed by atoms with Crippen molar-refractivity contribution in [2.45, 2.75) is 0 Å². The van der Waals surface area contributed by atoms with Crippen molar-refractivity contribution >= 4 is 54.7 Å². The lowest BCUT2D eigenvalue weighted by atomic mass is 10.1. The molecule has 0 saturated carbocycles. The van der Waals surface area contributed by atoms with E-state index in [1.54, 1.807) is 0 Å². The molecule has 0 unspecified atom stereocenters. The fourth-order valence-electron chi connectivity index (χ4n) is 5.55. The molecule has 8 aromatic rings. The van der Waals surface area contributed by atoms with E-state index in [4.69, 9.17) is 4.42 Å². The molecular weight excluding hydrogens is 430 g/mol. The molecule has 0 N–H and O–H groups in total. The van der Waals surface area contributed by atoms with Crippen LogP contribution in [0.5, 0.6) is 0 Å². The van der Waals surface area contributed by atoms with Gasteiger partial charge in [-0.25, -0.2) is 4.98 Å². The molecule has 0 spiro atoms. The summed E-state index contributed by atoms with van der Waals surface area (Å²) in [5.74, 6) is 0. The van der Waals surface area contributed by atoms with Gasteiger partial charge in [0.2, 0.25) is 0 Å². The van der Waals surface area contributed by atoms with Crippen molar-refractivity contribution in [1.82, 2.24) is 14.1 Å². The van der Waals surface area contributed by atoms with Gasteiger partial charge in [-0.1, -0.05) is 54.6 Å². The Labute approximate surface area is 200 Å². The second-order valence-electron chi connectivity index (χ2n) is 8.93. The zero-order chi connectivity index (χ0) is 22.9. The Balaban J connectivity index is 1.57. The zero-order valence-electron chi connectivity index (χ0n) is 18.7. The Morgan fingerprint density at radius 2 is 1.11 bits per heavy atom. The van der Waals surface area contributed by atoms with Gasteiger partial charge in [0.05, 0.1) is 22.1 Å². The molecule has 0 saturated heterocycles. The van der Waals surface area contributed by atoms with Crippen molar-refractivity contribution < 1.29 is 4.42 Å². The standard InChI is InChI=1S/C31H19N3O/c1-2-8-20(9-3-1)33-27-12-6-4-10-22(27)24-17-25-23-11-5-7-13-28(23)34(30(25)18-29(24)33)21-14-15-31-26(16-21)32-19-35-31/h1-19H. The van der Waals surface area contributed by atoms with Crippen LogP contribution in [-0.2, 0) is 0 Å². The summed E-state index contributed by atoms with van der Waals surface area (Å²) in [4.78, 5) is 4.40. The van der Waals surface area contributed by atoms with Gasteiger partial charge in [0, 0.05) is 32.9 Å². The van der Waals surface area contributed by atoms with Crippen LogP contribution in [0.25, 0.3) is 66.1 Å². The number of hydrogen-bond donors (Lipinski definition) is 0. The average Bonchev–Trinajstić information content (AvgIpc) is 3.60. The van der Waals surface area contributed by atoms with Crippen molar-refractivity contribution in [2.75, 3.05) is 0 Å². The summed E-state index contributed by atoms with van der Waals surface area (Å²) in [5.41, 5.74) is 8.62. The lowest BCUT2D eigenvalue weighted by Crippen LogP contribution is -1.95. The van der Waals surface area contributed by atoms with Gasteiger partial charge < -0.3 is 13.6 Å². The highest BCUT2D eigenvalue weighted by Gasteiger charge is 2.18.